The van der Waals surface area contributed by atoms with Crippen molar-refractivity contribution in [3.8, 4) is 0 Å². The van der Waals surface area contributed by atoms with Gasteiger partial charge >= 0.3 is 0 Å². The molecule has 0 atom stereocenters. The minimum Gasteiger partial charge on any atom is -0.342 e. The van der Waals surface area contributed by atoms with E-state index in [4.69, 9.17) is 0 Å². The molecule has 5 heteroatoms. The van der Waals surface area contributed by atoms with Crippen LogP contribution in [0.4, 0.5) is 0 Å². The van der Waals surface area contributed by atoms with Crippen LogP contribution in [0.2, 0.25) is 0 Å². The fourth-order valence-electron chi connectivity index (χ4n) is 3.44. The molecule has 0 aliphatic carbocycles. The molecule has 4 rings (SSSR count). The maximum atomic E-state index is 12.4. The predicted molar refractivity (Wildman–Crippen MR) is 112 cm³/mol. The molecular weight excluding hydrogens is 408 g/mol. The van der Waals surface area contributed by atoms with Crippen LogP contribution in [0.3, 0.4) is 0 Å². The highest BCUT2D eigenvalue weighted by Crippen LogP contribution is 2.31. The lowest BCUT2D eigenvalue weighted by Gasteiger charge is -2.14. The summed E-state index contributed by atoms with van der Waals surface area (Å²) < 4.78 is 3.37. The molecule has 0 spiro atoms. The van der Waals surface area contributed by atoms with Gasteiger partial charge < -0.3 is 9.47 Å². The van der Waals surface area contributed by atoms with Crippen LogP contribution in [-0.2, 0) is 11.3 Å². The fraction of sp³-hybridized carbons (Fsp3) is 0.286. The van der Waals surface area contributed by atoms with Gasteiger partial charge in [-0.05, 0) is 36.6 Å². The fourth-order valence-corrected chi connectivity index (χ4v) is 4.70. The molecule has 2 heterocycles. The van der Waals surface area contributed by atoms with Crippen LogP contribution in [-0.4, -0.2) is 34.2 Å². The molecule has 1 amide bonds. The van der Waals surface area contributed by atoms with Crippen LogP contribution in [0.25, 0.3) is 10.9 Å². The van der Waals surface area contributed by atoms with Gasteiger partial charge in [0.05, 0.1) is 5.75 Å². The molecular formula is C21H21BrN2OS. The number of rotatable bonds is 5. The first-order valence-corrected chi connectivity index (χ1v) is 10.7. The Labute approximate surface area is 166 Å². The minimum absolute atomic E-state index is 0.261. The number of halogens is 1. The Morgan fingerprint density at radius 2 is 1.77 bits per heavy atom. The van der Waals surface area contributed by atoms with E-state index >= 15 is 0 Å². The van der Waals surface area contributed by atoms with Gasteiger partial charge in [-0.2, -0.15) is 0 Å². The van der Waals surface area contributed by atoms with Crippen molar-refractivity contribution in [2.45, 2.75) is 24.3 Å². The number of hydrogen-bond acceptors (Lipinski definition) is 2. The lowest BCUT2D eigenvalue weighted by Crippen LogP contribution is -2.29. The van der Waals surface area contributed by atoms with Gasteiger partial charge in [0.25, 0.3) is 0 Å². The van der Waals surface area contributed by atoms with Gasteiger partial charge in [-0.25, -0.2) is 0 Å². The average molecular weight is 429 g/mol. The Morgan fingerprint density at radius 1 is 1.04 bits per heavy atom. The second-order valence-electron chi connectivity index (χ2n) is 6.64. The average Bonchev–Trinajstić information content (AvgIpc) is 3.31. The molecule has 0 bridgehead atoms. The van der Waals surface area contributed by atoms with Crippen LogP contribution in [0.1, 0.15) is 18.4 Å². The highest BCUT2D eigenvalue weighted by Gasteiger charge is 2.18. The summed E-state index contributed by atoms with van der Waals surface area (Å²) in [5.74, 6) is 0.781. The molecule has 134 valence electrons. The Balaban J connectivity index is 1.55. The minimum atomic E-state index is 0.261. The number of fused-ring (bicyclic) bond motifs is 1. The van der Waals surface area contributed by atoms with Gasteiger partial charge in [-0.1, -0.05) is 46.3 Å². The Kier molecular flexibility index (Phi) is 5.36. The van der Waals surface area contributed by atoms with E-state index in [1.807, 2.05) is 4.90 Å². The first-order valence-electron chi connectivity index (χ1n) is 8.93. The molecule has 3 aromatic rings. The summed E-state index contributed by atoms with van der Waals surface area (Å²) in [5.41, 5.74) is 2.48. The van der Waals surface area contributed by atoms with E-state index in [9.17, 15) is 4.79 Å². The van der Waals surface area contributed by atoms with Crippen LogP contribution in [0.15, 0.2) is 64.1 Å². The van der Waals surface area contributed by atoms with E-state index in [0.717, 1.165) is 36.9 Å². The number of likely N-dealkylation sites (tertiary alicyclic amines) is 1. The number of nitrogens with zero attached hydrogens (tertiary/aromatic N) is 2. The number of hydrogen-bond donors (Lipinski definition) is 0. The largest absolute Gasteiger partial charge is 0.342 e. The van der Waals surface area contributed by atoms with Crippen molar-refractivity contribution in [1.29, 1.82) is 0 Å². The molecule has 3 nitrogen and oxygen atoms in total. The normalized spacial score (nSPS) is 14.3. The summed E-state index contributed by atoms with van der Waals surface area (Å²) in [6.45, 7) is 2.67. The van der Waals surface area contributed by atoms with E-state index in [-0.39, 0.29) is 5.91 Å². The van der Waals surface area contributed by atoms with E-state index < -0.39 is 0 Å². The molecule has 1 aliphatic rings. The first kappa shape index (κ1) is 17.7. The Bertz CT molecular complexity index is 913. The van der Waals surface area contributed by atoms with E-state index in [0.29, 0.717) is 5.75 Å². The highest BCUT2D eigenvalue weighted by molar-refractivity contribution is 9.10. The van der Waals surface area contributed by atoms with Crippen molar-refractivity contribution in [3.05, 3.63) is 64.8 Å². The Hall–Kier alpha value is -1.72. The van der Waals surface area contributed by atoms with Crippen LogP contribution >= 0.6 is 27.7 Å². The zero-order valence-corrected chi connectivity index (χ0v) is 16.9. The number of para-hydroxylation sites is 1. The van der Waals surface area contributed by atoms with E-state index in [1.54, 1.807) is 11.8 Å². The standard InChI is InChI=1S/C21H21BrN2OS/c22-17-9-7-16(8-10-17)13-24-14-20(18-5-1-2-6-19(18)24)26-15-21(25)23-11-3-4-12-23/h1-2,5-10,14H,3-4,11-13,15H2. The Morgan fingerprint density at radius 3 is 2.54 bits per heavy atom. The predicted octanol–water partition coefficient (Wildman–Crippen LogP) is 5.17. The van der Waals surface area contributed by atoms with Crippen molar-refractivity contribution in [2.24, 2.45) is 0 Å². The topological polar surface area (TPSA) is 25.2 Å². The molecule has 1 aliphatic heterocycles. The van der Waals surface area contributed by atoms with E-state index in [1.165, 1.54) is 21.4 Å². The summed E-state index contributed by atoms with van der Waals surface area (Å²) in [4.78, 5) is 15.6. The van der Waals surface area contributed by atoms with Gasteiger partial charge in [0, 0.05) is 46.1 Å². The first-order chi connectivity index (χ1) is 12.7. The third-order valence-corrected chi connectivity index (χ3v) is 6.38. The molecule has 1 saturated heterocycles. The van der Waals surface area contributed by atoms with Gasteiger partial charge in [-0.15, -0.1) is 11.8 Å². The van der Waals surface area contributed by atoms with Crippen molar-refractivity contribution in [2.75, 3.05) is 18.8 Å². The monoisotopic (exact) mass is 428 g/mol. The lowest BCUT2D eigenvalue weighted by atomic mass is 10.2. The summed E-state index contributed by atoms with van der Waals surface area (Å²) in [7, 11) is 0. The zero-order valence-electron chi connectivity index (χ0n) is 14.5. The van der Waals surface area contributed by atoms with Crippen molar-refractivity contribution in [1.82, 2.24) is 9.47 Å². The molecule has 1 aromatic heterocycles. The molecule has 0 unspecified atom stereocenters. The maximum absolute atomic E-state index is 12.4. The van der Waals surface area contributed by atoms with Crippen molar-refractivity contribution in [3.63, 3.8) is 0 Å². The maximum Gasteiger partial charge on any atom is 0.232 e. The summed E-state index contributed by atoms with van der Waals surface area (Å²) in [5, 5.41) is 1.23. The lowest BCUT2D eigenvalue weighted by molar-refractivity contribution is -0.127. The molecule has 2 aromatic carbocycles. The van der Waals surface area contributed by atoms with Gasteiger partial charge in [-0.3, -0.25) is 4.79 Å². The van der Waals surface area contributed by atoms with Gasteiger partial charge in [0.2, 0.25) is 5.91 Å². The molecule has 26 heavy (non-hydrogen) atoms. The highest BCUT2D eigenvalue weighted by atomic mass is 79.9. The number of amides is 1. The van der Waals surface area contributed by atoms with Crippen LogP contribution in [0, 0.1) is 0 Å². The van der Waals surface area contributed by atoms with Crippen LogP contribution < -0.4 is 0 Å². The third-order valence-electron chi connectivity index (χ3n) is 4.83. The smallest absolute Gasteiger partial charge is 0.232 e. The van der Waals surface area contributed by atoms with Crippen molar-refractivity contribution >= 4 is 44.5 Å². The summed E-state index contributed by atoms with van der Waals surface area (Å²) in [6.07, 6.45) is 4.47. The number of carbonyl (C=O) groups excluding carboxylic acids is 1. The second kappa shape index (κ2) is 7.89. The number of benzene rings is 2. The second-order valence-corrected chi connectivity index (χ2v) is 8.57. The summed E-state index contributed by atoms with van der Waals surface area (Å²) >= 11 is 5.15. The summed E-state index contributed by atoms with van der Waals surface area (Å²) in [6, 6.07) is 16.9. The van der Waals surface area contributed by atoms with Gasteiger partial charge in [0.1, 0.15) is 0 Å². The quantitative estimate of drug-likeness (QED) is 0.523. The number of carbonyl (C=O) groups is 1. The molecule has 0 radical (unpaired) electrons. The number of aromatic nitrogens is 1. The number of thioether (sulfide) groups is 1. The van der Waals surface area contributed by atoms with Crippen molar-refractivity contribution < 1.29 is 4.79 Å². The molecule has 0 N–H and O–H groups in total. The zero-order chi connectivity index (χ0) is 17.9. The van der Waals surface area contributed by atoms with Gasteiger partial charge in [0.15, 0.2) is 0 Å². The SMILES string of the molecule is O=C(CSc1cn(Cc2ccc(Br)cc2)c2ccccc12)N1CCCC1. The van der Waals surface area contributed by atoms with E-state index in [2.05, 4.69) is 75.2 Å². The molecule has 0 saturated carbocycles. The van der Waals surface area contributed by atoms with Crippen LogP contribution in [0.5, 0.6) is 0 Å². The molecule has 1 fully saturated rings. The third kappa shape index (κ3) is 3.84.